The van der Waals surface area contributed by atoms with Gasteiger partial charge in [0.25, 0.3) is 0 Å². The van der Waals surface area contributed by atoms with Crippen LogP contribution in [0.25, 0.3) is 0 Å². The number of aliphatic carboxylic acids is 1. The molecule has 0 aliphatic carbocycles. The molecule has 4 nitrogen and oxygen atoms in total. The average Bonchev–Trinajstić information content (AvgIpc) is 1.87. The molecule has 0 aliphatic heterocycles. The van der Waals surface area contributed by atoms with E-state index in [1.165, 1.54) is 6.92 Å². The minimum atomic E-state index is -0.969. The van der Waals surface area contributed by atoms with E-state index in [1.54, 1.807) is 0 Å². The van der Waals surface area contributed by atoms with Crippen LogP contribution in [0.5, 0.6) is 0 Å². The number of rotatable bonds is 5. The molecule has 2 N–H and O–H groups in total. The zero-order valence-corrected chi connectivity index (χ0v) is 8.51. The predicted molar refractivity (Wildman–Crippen MR) is 44.8 cm³/mol. The quantitative estimate of drug-likeness (QED) is 0.433. The molecule has 0 aliphatic rings. The molecule has 0 unspecified atom stereocenters. The summed E-state index contributed by atoms with van der Waals surface area (Å²) in [4.78, 5) is 20.8. The van der Waals surface area contributed by atoms with Crippen molar-refractivity contribution >= 4 is 38.5 Å². The molecule has 0 saturated heterocycles. The number of carbonyl (C=O) groups is 2. The van der Waals surface area contributed by atoms with E-state index in [0.29, 0.717) is 0 Å². The zero-order valence-electron chi connectivity index (χ0n) is 5.90. The molecule has 0 aromatic heterocycles. The first-order valence-electron chi connectivity index (χ1n) is 2.84. The topological polar surface area (TPSA) is 66.4 Å². The van der Waals surface area contributed by atoms with Gasteiger partial charge < -0.3 is 0 Å². The maximum atomic E-state index is 10.4. The van der Waals surface area contributed by atoms with Crippen molar-refractivity contribution in [2.45, 2.75) is 13.0 Å². The Labute approximate surface area is 76.5 Å². The minimum absolute atomic E-state index is 0.0227. The van der Waals surface area contributed by atoms with Crippen molar-refractivity contribution < 1.29 is 14.7 Å². The number of carboxylic acid groups (broad SMARTS) is 1. The van der Waals surface area contributed by atoms with E-state index in [4.69, 9.17) is 5.11 Å². The van der Waals surface area contributed by atoms with E-state index in [0.717, 1.165) is 0 Å². The van der Waals surface area contributed by atoms with Crippen molar-refractivity contribution in [2.75, 3.05) is 5.75 Å². The predicted octanol–water partition coefficient (Wildman–Crippen LogP) is -0.875. The Balaban J connectivity index is 3.70. The van der Waals surface area contributed by atoms with Gasteiger partial charge in [-0.1, -0.05) is 0 Å². The first-order valence-corrected chi connectivity index (χ1v) is 5.19. The van der Waals surface area contributed by atoms with E-state index in [9.17, 15) is 9.59 Å². The molecule has 0 spiro atoms. The molecule has 0 fully saturated rings. The normalized spacial score (nSPS) is 12.5. The maximum absolute atomic E-state index is 10.4. The van der Waals surface area contributed by atoms with Crippen LogP contribution in [-0.4, -0.2) is 42.7 Å². The van der Waals surface area contributed by atoms with Crippen LogP contribution in [0.1, 0.15) is 6.92 Å². The van der Waals surface area contributed by atoms with Crippen molar-refractivity contribution in [3.8, 4) is 0 Å². The molecule has 6 heteroatoms. The van der Waals surface area contributed by atoms with Crippen LogP contribution >= 0.6 is 12.6 Å². The molecular formula is C5H9NO3SSe. The number of carboxylic acids is 1. The van der Waals surface area contributed by atoms with Crippen molar-refractivity contribution in [3.05, 3.63) is 0 Å². The molecule has 0 rings (SSSR count). The number of hydrogen-bond acceptors (Lipinski definition) is 4. The third kappa shape index (κ3) is 5.26. The first kappa shape index (κ1) is 11.0. The summed E-state index contributed by atoms with van der Waals surface area (Å²) in [5.41, 5.74) is 0. The van der Waals surface area contributed by atoms with E-state index >= 15 is 0 Å². The van der Waals surface area contributed by atoms with Crippen LogP contribution in [0.2, 0.25) is 0 Å². The van der Waals surface area contributed by atoms with Crippen LogP contribution in [-0.2, 0) is 9.59 Å². The van der Waals surface area contributed by atoms with E-state index in [-0.39, 0.29) is 10.4 Å². The number of hydrogen-bond donors (Lipinski definition) is 3. The Kier molecular flexibility index (Phi) is 5.58. The van der Waals surface area contributed by atoms with Crippen molar-refractivity contribution in [2.24, 2.45) is 0 Å². The molecule has 11 heavy (non-hydrogen) atoms. The van der Waals surface area contributed by atoms with Crippen LogP contribution in [0.4, 0.5) is 0 Å². The van der Waals surface area contributed by atoms with Gasteiger partial charge in [0.05, 0.1) is 0 Å². The van der Waals surface area contributed by atoms with Gasteiger partial charge in [-0.15, -0.1) is 0 Å². The number of carbonyl (C=O) groups excluding carboxylic acids is 1. The molecule has 0 aromatic rings. The second-order valence-electron chi connectivity index (χ2n) is 1.78. The Hall–Kier alpha value is -0.0305. The summed E-state index contributed by atoms with van der Waals surface area (Å²) in [6.45, 7) is 1.42. The fraction of sp³-hybridized carbons (Fsp3) is 0.600. The summed E-state index contributed by atoms with van der Waals surface area (Å²) in [5.74, 6) is -0.771. The molecular weight excluding hydrogens is 233 g/mol. The van der Waals surface area contributed by atoms with Crippen LogP contribution in [0.3, 0.4) is 0 Å². The summed E-state index contributed by atoms with van der Waals surface area (Å²) >= 11 is 3.37. The van der Waals surface area contributed by atoms with E-state index in [2.05, 4.69) is 17.0 Å². The van der Waals surface area contributed by atoms with E-state index in [1.807, 2.05) is 0 Å². The van der Waals surface area contributed by atoms with Crippen molar-refractivity contribution in [1.82, 2.24) is 4.33 Å². The molecule has 0 aromatic carbocycles. The molecule has 1 atom stereocenters. The molecule has 0 radical (unpaired) electrons. The summed E-state index contributed by atoms with van der Waals surface area (Å²) in [5, 5.41) is 8.47. The monoisotopic (exact) mass is 243 g/mol. The van der Waals surface area contributed by atoms with Gasteiger partial charge in [0.15, 0.2) is 0 Å². The summed E-state index contributed by atoms with van der Waals surface area (Å²) < 4.78 is 2.58. The van der Waals surface area contributed by atoms with Gasteiger partial charge in [0.2, 0.25) is 0 Å². The van der Waals surface area contributed by atoms with Gasteiger partial charge in [0.1, 0.15) is 0 Å². The Bertz CT molecular complexity index is 164. The molecule has 64 valence electrons. The SMILES string of the molecule is CC(=O)[Se]N[C@@H](CS)C(=O)O. The van der Waals surface area contributed by atoms with E-state index < -0.39 is 27.2 Å². The second-order valence-corrected chi connectivity index (χ2v) is 4.28. The summed E-state index contributed by atoms with van der Waals surface area (Å²) in [6.07, 6.45) is 0. The fourth-order valence-electron chi connectivity index (χ4n) is 0.320. The Morgan fingerprint density at radius 2 is 2.27 bits per heavy atom. The summed E-state index contributed by atoms with van der Waals surface area (Å²) in [6, 6.07) is -0.706. The fourth-order valence-corrected chi connectivity index (χ4v) is 1.88. The number of nitrogens with one attached hydrogen (secondary N) is 1. The van der Waals surface area contributed by atoms with Gasteiger partial charge in [-0.05, 0) is 0 Å². The Morgan fingerprint density at radius 1 is 1.73 bits per heavy atom. The third-order valence-corrected chi connectivity index (χ3v) is 2.64. The molecule has 0 heterocycles. The standard InChI is InChI=1S/C5H9NO3SSe/c1-3(7)11-6-4(2-10)5(8)9/h4,6,10H,2H2,1H3,(H,8,9)/t4-/m0/s1. The molecule has 0 bridgehead atoms. The Morgan fingerprint density at radius 3 is 2.55 bits per heavy atom. The van der Waals surface area contributed by atoms with Gasteiger partial charge >= 0.3 is 76.2 Å². The van der Waals surface area contributed by atoms with Crippen molar-refractivity contribution in [3.63, 3.8) is 0 Å². The molecule has 0 amide bonds. The third-order valence-electron chi connectivity index (χ3n) is 0.826. The number of thiol groups is 1. The summed E-state index contributed by atoms with van der Waals surface area (Å²) in [7, 11) is 0. The van der Waals surface area contributed by atoms with Gasteiger partial charge in [-0.3, -0.25) is 0 Å². The first-order chi connectivity index (χ1) is 5.07. The van der Waals surface area contributed by atoms with Crippen molar-refractivity contribution in [1.29, 1.82) is 0 Å². The van der Waals surface area contributed by atoms with Crippen LogP contribution in [0, 0.1) is 0 Å². The van der Waals surface area contributed by atoms with Gasteiger partial charge in [-0.25, -0.2) is 0 Å². The zero-order chi connectivity index (χ0) is 8.85. The second kappa shape index (κ2) is 5.60. The van der Waals surface area contributed by atoms with Gasteiger partial charge in [-0.2, -0.15) is 0 Å². The molecule has 0 saturated carbocycles. The van der Waals surface area contributed by atoms with Crippen LogP contribution in [0.15, 0.2) is 0 Å². The van der Waals surface area contributed by atoms with Gasteiger partial charge in [0, 0.05) is 0 Å². The van der Waals surface area contributed by atoms with Crippen LogP contribution < -0.4 is 4.33 Å². The average molecular weight is 242 g/mol.